The second-order valence-corrected chi connectivity index (χ2v) is 6.30. The van der Waals surface area contributed by atoms with Gasteiger partial charge in [-0.2, -0.15) is 0 Å². The normalized spacial score (nSPS) is 17.2. The molecule has 0 aliphatic carbocycles. The highest BCUT2D eigenvalue weighted by Crippen LogP contribution is 2.24. The summed E-state index contributed by atoms with van der Waals surface area (Å²) in [7, 11) is 0. The molecule has 2 rings (SSSR count). The van der Waals surface area contributed by atoms with Gasteiger partial charge in [0.2, 0.25) is 5.91 Å². The third-order valence-electron chi connectivity index (χ3n) is 4.51. The van der Waals surface area contributed by atoms with E-state index in [1.165, 1.54) is 16.8 Å². The Morgan fingerprint density at radius 1 is 1.14 bits per heavy atom. The Kier molecular flexibility index (Phi) is 4.88. The van der Waals surface area contributed by atoms with Crippen LogP contribution in [0, 0.1) is 19.8 Å². The zero-order valence-electron chi connectivity index (χ0n) is 13.6. The second-order valence-electron chi connectivity index (χ2n) is 6.30. The number of nitrogens with two attached hydrogens (primary N) is 1. The van der Waals surface area contributed by atoms with Crippen LogP contribution in [0.15, 0.2) is 18.2 Å². The molecule has 1 aliphatic heterocycles. The number of carbonyl (C=O) groups is 1. The second kappa shape index (κ2) is 6.48. The molecule has 4 heteroatoms. The van der Waals surface area contributed by atoms with E-state index in [0.29, 0.717) is 0 Å². The van der Waals surface area contributed by atoms with Crippen molar-refractivity contribution in [1.82, 2.24) is 4.90 Å². The van der Waals surface area contributed by atoms with E-state index in [1.807, 2.05) is 18.7 Å². The molecule has 0 aromatic heterocycles. The summed E-state index contributed by atoms with van der Waals surface area (Å²) in [5, 5.41) is 0. The third kappa shape index (κ3) is 3.38. The molecule has 4 nitrogen and oxygen atoms in total. The van der Waals surface area contributed by atoms with Crippen molar-refractivity contribution in [2.24, 2.45) is 11.7 Å². The number of rotatable bonds is 3. The summed E-state index contributed by atoms with van der Waals surface area (Å²) in [4.78, 5) is 16.6. The highest BCUT2D eigenvalue weighted by molar-refractivity contribution is 5.82. The van der Waals surface area contributed by atoms with Crippen LogP contribution in [0.25, 0.3) is 0 Å². The molecule has 0 radical (unpaired) electrons. The maximum Gasteiger partial charge on any atom is 0.239 e. The number of anilines is 1. The molecule has 0 spiro atoms. The van der Waals surface area contributed by atoms with Crippen molar-refractivity contribution in [2.75, 3.05) is 31.1 Å². The molecule has 21 heavy (non-hydrogen) atoms. The molecule has 1 fully saturated rings. The van der Waals surface area contributed by atoms with Gasteiger partial charge in [-0.3, -0.25) is 4.79 Å². The van der Waals surface area contributed by atoms with Crippen LogP contribution in [0.3, 0.4) is 0 Å². The summed E-state index contributed by atoms with van der Waals surface area (Å²) >= 11 is 0. The van der Waals surface area contributed by atoms with Gasteiger partial charge >= 0.3 is 0 Å². The van der Waals surface area contributed by atoms with Crippen molar-refractivity contribution in [3.05, 3.63) is 29.3 Å². The lowest BCUT2D eigenvalue weighted by Crippen LogP contribution is -2.54. The van der Waals surface area contributed by atoms with E-state index >= 15 is 0 Å². The van der Waals surface area contributed by atoms with Crippen molar-refractivity contribution in [1.29, 1.82) is 0 Å². The Bertz CT molecular complexity index is 505. The molecule has 1 amide bonds. The number of nitrogens with zero attached hydrogens (tertiary/aromatic N) is 2. The molecule has 1 heterocycles. The lowest BCUT2D eigenvalue weighted by molar-refractivity contribution is -0.133. The van der Waals surface area contributed by atoms with Gasteiger partial charge in [-0.1, -0.05) is 26.0 Å². The van der Waals surface area contributed by atoms with E-state index in [0.717, 1.165) is 26.2 Å². The Hall–Kier alpha value is -1.55. The molecule has 1 saturated heterocycles. The number of piperazine rings is 1. The van der Waals surface area contributed by atoms with Crippen molar-refractivity contribution in [2.45, 2.75) is 33.7 Å². The maximum absolute atomic E-state index is 12.3. The van der Waals surface area contributed by atoms with Gasteiger partial charge in [0.15, 0.2) is 0 Å². The Morgan fingerprint density at radius 2 is 1.76 bits per heavy atom. The first-order valence-electron chi connectivity index (χ1n) is 7.77. The summed E-state index contributed by atoms with van der Waals surface area (Å²) < 4.78 is 0. The SMILES string of the molecule is Cc1cccc(N2CCN(C(=O)[C@H](N)C(C)C)CC2)c1C. The zero-order valence-corrected chi connectivity index (χ0v) is 13.6. The van der Waals surface area contributed by atoms with Crippen LogP contribution in [0.4, 0.5) is 5.69 Å². The molecule has 1 atom stereocenters. The molecular weight excluding hydrogens is 262 g/mol. The van der Waals surface area contributed by atoms with E-state index in [2.05, 4.69) is 36.9 Å². The van der Waals surface area contributed by atoms with Gasteiger partial charge in [0, 0.05) is 31.9 Å². The number of hydrogen-bond acceptors (Lipinski definition) is 3. The van der Waals surface area contributed by atoms with E-state index in [9.17, 15) is 4.79 Å². The van der Waals surface area contributed by atoms with Crippen LogP contribution >= 0.6 is 0 Å². The summed E-state index contributed by atoms with van der Waals surface area (Å²) in [5.41, 5.74) is 9.91. The number of carbonyl (C=O) groups excluding carboxylic acids is 1. The topological polar surface area (TPSA) is 49.6 Å². The monoisotopic (exact) mass is 289 g/mol. The Morgan fingerprint density at radius 3 is 2.33 bits per heavy atom. The van der Waals surface area contributed by atoms with Crippen LogP contribution in [0.5, 0.6) is 0 Å². The smallest absolute Gasteiger partial charge is 0.239 e. The molecule has 2 N–H and O–H groups in total. The van der Waals surface area contributed by atoms with Gasteiger partial charge in [0.25, 0.3) is 0 Å². The first-order chi connectivity index (χ1) is 9.91. The van der Waals surface area contributed by atoms with Crippen molar-refractivity contribution < 1.29 is 4.79 Å². The minimum atomic E-state index is -0.378. The first kappa shape index (κ1) is 15.8. The molecule has 0 saturated carbocycles. The molecule has 1 aromatic rings. The Balaban J connectivity index is 2.00. The van der Waals surface area contributed by atoms with Crippen molar-refractivity contribution >= 4 is 11.6 Å². The maximum atomic E-state index is 12.3. The van der Waals surface area contributed by atoms with Crippen LogP contribution in [-0.4, -0.2) is 43.0 Å². The van der Waals surface area contributed by atoms with Gasteiger partial charge in [-0.15, -0.1) is 0 Å². The summed E-state index contributed by atoms with van der Waals surface area (Å²) in [6, 6.07) is 6.03. The summed E-state index contributed by atoms with van der Waals surface area (Å²) in [6.07, 6.45) is 0. The van der Waals surface area contributed by atoms with Gasteiger partial charge in [0.05, 0.1) is 6.04 Å². The molecule has 1 aliphatic rings. The van der Waals surface area contributed by atoms with Gasteiger partial charge < -0.3 is 15.5 Å². The summed E-state index contributed by atoms with van der Waals surface area (Å²) in [5.74, 6) is 0.278. The zero-order chi connectivity index (χ0) is 15.6. The van der Waals surface area contributed by atoms with Crippen molar-refractivity contribution in [3.63, 3.8) is 0 Å². The van der Waals surface area contributed by atoms with Crippen molar-refractivity contribution in [3.8, 4) is 0 Å². The molecule has 1 aromatic carbocycles. The fraction of sp³-hybridized carbons (Fsp3) is 0.588. The van der Waals surface area contributed by atoms with Crippen LogP contribution in [0.1, 0.15) is 25.0 Å². The van der Waals surface area contributed by atoms with Gasteiger partial charge in [-0.05, 0) is 37.0 Å². The first-order valence-corrected chi connectivity index (χ1v) is 7.77. The van der Waals surface area contributed by atoms with E-state index in [-0.39, 0.29) is 17.9 Å². The predicted octanol–water partition coefficient (Wildman–Crippen LogP) is 1.94. The van der Waals surface area contributed by atoms with E-state index < -0.39 is 0 Å². The number of aryl methyl sites for hydroxylation is 1. The van der Waals surface area contributed by atoms with E-state index in [4.69, 9.17) is 5.73 Å². The molecule has 0 unspecified atom stereocenters. The molecule has 116 valence electrons. The molecule has 0 bridgehead atoms. The average molecular weight is 289 g/mol. The standard InChI is InChI=1S/C17H27N3O/c1-12(2)16(18)17(21)20-10-8-19(9-11-20)15-7-5-6-13(3)14(15)4/h5-7,12,16H,8-11,18H2,1-4H3/t16-/m1/s1. The highest BCUT2D eigenvalue weighted by Gasteiger charge is 2.27. The largest absolute Gasteiger partial charge is 0.368 e. The minimum absolute atomic E-state index is 0.0885. The van der Waals surface area contributed by atoms with Gasteiger partial charge in [-0.25, -0.2) is 0 Å². The average Bonchev–Trinajstić information content (AvgIpc) is 2.48. The number of benzene rings is 1. The third-order valence-corrected chi connectivity index (χ3v) is 4.51. The minimum Gasteiger partial charge on any atom is -0.368 e. The fourth-order valence-corrected chi connectivity index (χ4v) is 2.74. The Labute approximate surface area is 127 Å². The van der Waals surface area contributed by atoms with Crippen LogP contribution in [-0.2, 0) is 4.79 Å². The highest BCUT2D eigenvalue weighted by atomic mass is 16.2. The van der Waals surface area contributed by atoms with Gasteiger partial charge in [0.1, 0.15) is 0 Å². The lowest BCUT2D eigenvalue weighted by Gasteiger charge is -2.38. The lowest BCUT2D eigenvalue weighted by atomic mass is 10.0. The predicted molar refractivity (Wildman–Crippen MR) is 87.5 cm³/mol. The van der Waals surface area contributed by atoms with Crippen LogP contribution in [0.2, 0.25) is 0 Å². The summed E-state index contributed by atoms with van der Waals surface area (Å²) in [6.45, 7) is 11.6. The number of hydrogen-bond donors (Lipinski definition) is 1. The molecular formula is C17H27N3O. The number of amides is 1. The van der Waals surface area contributed by atoms with Crippen LogP contribution < -0.4 is 10.6 Å². The quantitative estimate of drug-likeness (QED) is 0.925. The van der Waals surface area contributed by atoms with E-state index in [1.54, 1.807) is 0 Å². The fourth-order valence-electron chi connectivity index (χ4n) is 2.74.